The molecule has 39 heavy (non-hydrogen) atoms. The molecule has 0 radical (unpaired) electrons. The van der Waals surface area contributed by atoms with Gasteiger partial charge in [0.25, 0.3) is 0 Å². The number of aryl methyl sites for hydroxylation is 2. The average Bonchev–Trinajstić information content (AvgIpc) is 2.92. The van der Waals surface area contributed by atoms with Gasteiger partial charge in [0.15, 0.2) is 5.16 Å². The van der Waals surface area contributed by atoms with E-state index in [1.165, 1.54) is 11.8 Å². The first-order chi connectivity index (χ1) is 18.8. The zero-order valence-electron chi connectivity index (χ0n) is 23.1. The van der Waals surface area contributed by atoms with Gasteiger partial charge in [-0.3, -0.25) is 9.59 Å². The van der Waals surface area contributed by atoms with E-state index in [0.29, 0.717) is 17.4 Å². The first-order valence-corrected chi connectivity index (χ1v) is 14.3. The second-order valence-corrected chi connectivity index (χ2v) is 11.1. The summed E-state index contributed by atoms with van der Waals surface area (Å²) in [5.41, 5.74) is 4.48. The molecule has 1 aliphatic rings. The molecule has 204 valence electrons. The topological polar surface area (TPSA) is 78.4 Å². The van der Waals surface area contributed by atoms with Crippen LogP contribution in [-0.2, 0) is 16.1 Å². The molecule has 1 N–H and O–H groups in total. The highest BCUT2D eigenvalue weighted by Crippen LogP contribution is 2.29. The molecule has 1 aromatic heterocycles. The van der Waals surface area contributed by atoms with Crippen LogP contribution in [0.25, 0.3) is 0 Å². The Kier molecular flexibility index (Phi) is 9.76. The number of allylic oxidation sites excluding steroid dienone is 2. The van der Waals surface area contributed by atoms with E-state index in [-0.39, 0.29) is 23.5 Å². The van der Waals surface area contributed by atoms with Crippen molar-refractivity contribution in [3.63, 3.8) is 0 Å². The molecular formula is C31H37N5O2S. The Bertz CT molecular complexity index is 1270. The Labute approximate surface area is 235 Å². The molecule has 0 spiro atoms. The summed E-state index contributed by atoms with van der Waals surface area (Å²) in [7, 11) is 3.96. The molecular weight excluding hydrogens is 506 g/mol. The van der Waals surface area contributed by atoms with Gasteiger partial charge in [-0.2, -0.15) is 0 Å². The van der Waals surface area contributed by atoms with Crippen LogP contribution < -0.4 is 10.2 Å². The third-order valence-electron chi connectivity index (χ3n) is 6.81. The fourth-order valence-corrected chi connectivity index (χ4v) is 5.70. The third kappa shape index (κ3) is 7.93. The molecule has 8 heteroatoms. The Morgan fingerprint density at radius 2 is 1.69 bits per heavy atom. The smallest absolute Gasteiger partial charge is 0.247 e. The van der Waals surface area contributed by atoms with Crippen LogP contribution in [0, 0.1) is 19.8 Å². The second kappa shape index (κ2) is 13.4. The van der Waals surface area contributed by atoms with Crippen LogP contribution in [0.15, 0.2) is 78.0 Å². The van der Waals surface area contributed by atoms with Gasteiger partial charge in [0.1, 0.15) is 6.04 Å². The van der Waals surface area contributed by atoms with Gasteiger partial charge in [0.05, 0.1) is 5.75 Å². The Morgan fingerprint density at radius 1 is 1.00 bits per heavy atom. The largest absolute Gasteiger partial charge is 0.378 e. The lowest BCUT2D eigenvalue weighted by molar-refractivity contribution is -0.139. The highest BCUT2D eigenvalue weighted by Gasteiger charge is 2.36. The van der Waals surface area contributed by atoms with Crippen molar-refractivity contribution in [3.05, 3.63) is 89.8 Å². The van der Waals surface area contributed by atoms with E-state index in [1.807, 2.05) is 93.5 Å². The summed E-state index contributed by atoms with van der Waals surface area (Å²) in [5, 5.41) is 3.68. The minimum Gasteiger partial charge on any atom is -0.378 e. The van der Waals surface area contributed by atoms with E-state index in [2.05, 4.69) is 27.4 Å². The Morgan fingerprint density at radius 3 is 2.31 bits per heavy atom. The zero-order valence-corrected chi connectivity index (χ0v) is 23.9. The average molecular weight is 544 g/mol. The first kappa shape index (κ1) is 28.4. The number of nitrogens with zero attached hydrogens (tertiary/aromatic N) is 4. The van der Waals surface area contributed by atoms with Crippen LogP contribution in [0.1, 0.15) is 36.2 Å². The standard InChI is InChI=1S/C31H37N5O2S/c1-22-19-23(2)33-31(32-22)39-21-28(37)36(20-24-11-7-5-8-12-24)29(25-13-9-6-10-14-25)30(38)34-26-15-17-27(18-16-26)35(3)4/h5-9,11-12,15-19,25,29H,10,13-14,20-21H2,1-4H3,(H,34,38)/t25-,29+/m1/s1. The third-order valence-corrected chi connectivity index (χ3v) is 7.65. The van der Waals surface area contributed by atoms with Crippen molar-refractivity contribution in [2.45, 2.75) is 50.9 Å². The molecule has 0 aliphatic heterocycles. The molecule has 2 amide bonds. The number of carbonyl (C=O) groups excluding carboxylic acids is 2. The van der Waals surface area contributed by atoms with E-state index < -0.39 is 6.04 Å². The quantitative estimate of drug-likeness (QED) is 0.202. The fraction of sp³-hybridized carbons (Fsp3) is 0.355. The minimum absolute atomic E-state index is 0.0196. The number of thioether (sulfide) groups is 1. The maximum Gasteiger partial charge on any atom is 0.247 e. The lowest BCUT2D eigenvalue weighted by Gasteiger charge is -2.37. The molecule has 0 fully saturated rings. The normalized spacial score (nSPS) is 15.4. The number of aromatic nitrogens is 2. The summed E-state index contributed by atoms with van der Waals surface area (Å²) in [5.74, 6) is -0.0974. The van der Waals surface area contributed by atoms with Crippen LogP contribution in [0.2, 0.25) is 0 Å². The summed E-state index contributed by atoms with van der Waals surface area (Å²) in [6.45, 7) is 4.19. The van der Waals surface area contributed by atoms with Crippen molar-refractivity contribution in [2.24, 2.45) is 5.92 Å². The van der Waals surface area contributed by atoms with Gasteiger partial charge in [-0.25, -0.2) is 9.97 Å². The number of nitrogens with one attached hydrogen (secondary N) is 1. The van der Waals surface area contributed by atoms with Gasteiger partial charge in [0, 0.05) is 43.4 Å². The van der Waals surface area contributed by atoms with Crippen LogP contribution in [0.4, 0.5) is 11.4 Å². The van der Waals surface area contributed by atoms with Crippen LogP contribution >= 0.6 is 11.8 Å². The van der Waals surface area contributed by atoms with E-state index in [4.69, 9.17) is 0 Å². The van der Waals surface area contributed by atoms with Gasteiger partial charge in [-0.15, -0.1) is 0 Å². The molecule has 7 nitrogen and oxygen atoms in total. The lowest BCUT2D eigenvalue weighted by atomic mass is 9.86. The molecule has 3 aromatic rings. The molecule has 1 heterocycles. The number of benzene rings is 2. The summed E-state index contributed by atoms with van der Waals surface area (Å²) in [4.78, 5) is 40.6. The highest BCUT2D eigenvalue weighted by atomic mass is 32.2. The van der Waals surface area contributed by atoms with Crippen molar-refractivity contribution >= 4 is 35.0 Å². The Balaban J connectivity index is 1.62. The molecule has 0 bridgehead atoms. The lowest BCUT2D eigenvalue weighted by Crippen LogP contribution is -2.51. The molecule has 0 unspecified atom stereocenters. The fourth-order valence-electron chi connectivity index (χ4n) is 4.86. The first-order valence-electron chi connectivity index (χ1n) is 13.3. The highest BCUT2D eigenvalue weighted by molar-refractivity contribution is 7.99. The predicted octanol–water partition coefficient (Wildman–Crippen LogP) is 5.64. The number of amides is 2. The van der Waals surface area contributed by atoms with Gasteiger partial charge in [-0.1, -0.05) is 54.2 Å². The van der Waals surface area contributed by atoms with Gasteiger partial charge < -0.3 is 15.1 Å². The van der Waals surface area contributed by atoms with Gasteiger partial charge in [-0.05, 0) is 74.9 Å². The van der Waals surface area contributed by atoms with Crippen molar-refractivity contribution in [1.29, 1.82) is 0 Å². The van der Waals surface area contributed by atoms with Crippen LogP contribution in [0.5, 0.6) is 0 Å². The second-order valence-electron chi connectivity index (χ2n) is 10.1. The summed E-state index contributed by atoms with van der Waals surface area (Å²) < 4.78 is 0. The SMILES string of the molecule is Cc1cc(C)nc(SCC(=O)N(Cc2ccccc2)[C@H](C(=O)Nc2ccc(N(C)C)cc2)[C@@H]2CC=CCC2)n1. The van der Waals surface area contributed by atoms with Crippen molar-refractivity contribution in [1.82, 2.24) is 14.9 Å². The van der Waals surface area contributed by atoms with Crippen molar-refractivity contribution < 1.29 is 9.59 Å². The number of anilines is 2. The molecule has 2 aromatic carbocycles. The maximum absolute atomic E-state index is 14.0. The van der Waals surface area contributed by atoms with E-state index in [0.717, 1.165) is 41.9 Å². The van der Waals surface area contributed by atoms with E-state index in [1.54, 1.807) is 4.90 Å². The number of carbonyl (C=O) groups is 2. The number of hydrogen-bond acceptors (Lipinski definition) is 6. The van der Waals surface area contributed by atoms with Gasteiger partial charge >= 0.3 is 0 Å². The Hall–Kier alpha value is -3.65. The molecule has 0 saturated carbocycles. The van der Waals surface area contributed by atoms with Crippen LogP contribution in [-0.4, -0.2) is 52.6 Å². The van der Waals surface area contributed by atoms with Gasteiger partial charge in [0.2, 0.25) is 11.8 Å². The predicted molar refractivity (Wildman–Crippen MR) is 159 cm³/mol. The monoisotopic (exact) mass is 543 g/mol. The summed E-state index contributed by atoms with van der Waals surface area (Å²) in [6.07, 6.45) is 6.78. The van der Waals surface area contributed by atoms with Crippen LogP contribution in [0.3, 0.4) is 0 Å². The van der Waals surface area contributed by atoms with Crippen molar-refractivity contribution in [3.8, 4) is 0 Å². The molecule has 4 rings (SSSR count). The van der Waals surface area contributed by atoms with Crippen molar-refractivity contribution in [2.75, 3.05) is 30.1 Å². The number of hydrogen-bond donors (Lipinski definition) is 1. The molecule has 0 saturated heterocycles. The summed E-state index contributed by atoms with van der Waals surface area (Å²) >= 11 is 1.32. The summed E-state index contributed by atoms with van der Waals surface area (Å²) in [6, 6.07) is 18.9. The minimum atomic E-state index is -0.614. The molecule has 1 aliphatic carbocycles. The maximum atomic E-state index is 14.0. The van der Waals surface area contributed by atoms with E-state index >= 15 is 0 Å². The van der Waals surface area contributed by atoms with E-state index in [9.17, 15) is 9.59 Å². The zero-order chi connectivity index (χ0) is 27.8. The molecule has 2 atom stereocenters. The number of rotatable bonds is 10.